The van der Waals surface area contributed by atoms with Crippen LogP contribution in [0, 0.1) is 5.41 Å². The van der Waals surface area contributed by atoms with Crippen LogP contribution in [0.2, 0.25) is 0 Å². The summed E-state index contributed by atoms with van der Waals surface area (Å²) in [5.41, 5.74) is 0.668. The maximum atomic E-state index is 2.45. The van der Waals surface area contributed by atoms with Crippen molar-refractivity contribution in [3.63, 3.8) is 0 Å². The van der Waals surface area contributed by atoms with Gasteiger partial charge in [0.05, 0.1) is 0 Å². The predicted molar refractivity (Wildman–Crippen MR) is 49.7 cm³/mol. The van der Waals surface area contributed by atoms with Gasteiger partial charge in [0, 0.05) is 0 Å². The van der Waals surface area contributed by atoms with Gasteiger partial charge in [-0.05, 0) is 44.8 Å². The largest absolute Gasteiger partial charge is 0.306 e. The summed E-state index contributed by atoms with van der Waals surface area (Å²) < 4.78 is 0. The second-order valence-electron chi connectivity index (χ2n) is 4.36. The highest BCUT2D eigenvalue weighted by molar-refractivity contribution is 4.80. The van der Waals surface area contributed by atoms with E-state index in [1.807, 2.05) is 0 Å². The molecule has 0 saturated carbocycles. The lowest BCUT2D eigenvalue weighted by atomic mass is 9.77. The molecule has 0 bridgehead atoms. The molecule has 0 N–H and O–H groups in total. The monoisotopic (exact) mass is 155 g/mol. The highest BCUT2D eigenvalue weighted by Crippen LogP contribution is 2.34. The number of piperidine rings is 1. The molecule has 0 aromatic carbocycles. The van der Waals surface area contributed by atoms with Crippen LogP contribution in [0.4, 0.5) is 0 Å². The molecule has 0 amide bonds. The lowest BCUT2D eigenvalue weighted by Gasteiger charge is -2.37. The zero-order valence-corrected chi connectivity index (χ0v) is 8.19. The van der Waals surface area contributed by atoms with Crippen molar-refractivity contribution in [3.05, 3.63) is 0 Å². The topological polar surface area (TPSA) is 3.24 Å². The molecule has 1 aliphatic rings. The molecule has 0 atom stereocenters. The van der Waals surface area contributed by atoms with Crippen molar-refractivity contribution in [3.8, 4) is 0 Å². The van der Waals surface area contributed by atoms with Gasteiger partial charge in [-0.25, -0.2) is 0 Å². The van der Waals surface area contributed by atoms with E-state index in [9.17, 15) is 0 Å². The van der Waals surface area contributed by atoms with Crippen LogP contribution in [0.25, 0.3) is 0 Å². The summed E-state index contributed by atoms with van der Waals surface area (Å²) >= 11 is 0. The van der Waals surface area contributed by atoms with E-state index in [4.69, 9.17) is 0 Å². The van der Waals surface area contributed by atoms with Crippen LogP contribution >= 0.6 is 0 Å². The smallest absolute Gasteiger partial charge is 0.00166 e. The molecule has 0 aromatic rings. The zero-order chi connectivity index (χ0) is 8.32. The molecule has 1 nitrogen and oxygen atoms in total. The summed E-state index contributed by atoms with van der Waals surface area (Å²) in [4.78, 5) is 2.44. The Balaban J connectivity index is 2.35. The standard InChI is InChI=1S/C10H21N/c1-4-5-10(2)6-8-11(3)9-7-10/h4-9H2,1-3H3. The zero-order valence-electron chi connectivity index (χ0n) is 8.19. The van der Waals surface area contributed by atoms with Crippen molar-refractivity contribution in [1.82, 2.24) is 4.90 Å². The van der Waals surface area contributed by atoms with Crippen molar-refractivity contribution < 1.29 is 0 Å². The van der Waals surface area contributed by atoms with Crippen LogP contribution in [-0.2, 0) is 0 Å². The molecule has 0 radical (unpaired) electrons. The Bertz CT molecular complexity index is 112. The molecule has 1 heteroatoms. The molecule has 11 heavy (non-hydrogen) atoms. The third-order valence-electron chi connectivity index (χ3n) is 3.05. The first-order valence-electron chi connectivity index (χ1n) is 4.85. The first-order valence-corrected chi connectivity index (χ1v) is 4.85. The van der Waals surface area contributed by atoms with Gasteiger partial charge in [0.2, 0.25) is 0 Å². The van der Waals surface area contributed by atoms with Crippen LogP contribution < -0.4 is 0 Å². The minimum atomic E-state index is 0.668. The van der Waals surface area contributed by atoms with E-state index < -0.39 is 0 Å². The Hall–Kier alpha value is -0.0400. The Morgan fingerprint density at radius 3 is 2.27 bits per heavy atom. The Kier molecular flexibility index (Phi) is 2.94. The molecular weight excluding hydrogens is 134 g/mol. The average Bonchev–Trinajstić information content (AvgIpc) is 1.97. The van der Waals surface area contributed by atoms with Crippen LogP contribution in [0.5, 0.6) is 0 Å². The van der Waals surface area contributed by atoms with Gasteiger partial charge in [0.1, 0.15) is 0 Å². The van der Waals surface area contributed by atoms with Gasteiger partial charge in [-0.1, -0.05) is 20.3 Å². The molecule has 1 aliphatic heterocycles. The van der Waals surface area contributed by atoms with E-state index in [1.54, 1.807) is 0 Å². The Morgan fingerprint density at radius 2 is 1.82 bits per heavy atom. The molecular formula is C10H21N. The minimum Gasteiger partial charge on any atom is -0.306 e. The number of rotatable bonds is 2. The van der Waals surface area contributed by atoms with E-state index in [-0.39, 0.29) is 0 Å². The highest BCUT2D eigenvalue weighted by atomic mass is 15.1. The Labute approximate surface area is 70.8 Å². The molecule has 1 rings (SSSR count). The molecule has 1 saturated heterocycles. The number of hydrogen-bond donors (Lipinski definition) is 0. The van der Waals surface area contributed by atoms with Gasteiger partial charge >= 0.3 is 0 Å². The van der Waals surface area contributed by atoms with E-state index >= 15 is 0 Å². The van der Waals surface area contributed by atoms with Gasteiger partial charge in [-0.2, -0.15) is 0 Å². The first kappa shape index (κ1) is 9.05. The molecule has 0 unspecified atom stereocenters. The minimum absolute atomic E-state index is 0.668. The van der Waals surface area contributed by atoms with Crippen LogP contribution in [0.1, 0.15) is 39.5 Å². The van der Waals surface area contributed by atoms with Crippen molar-refractivity contribution in [1.29, 1.82) is 0 Å². The van der Waals surface area contributed by atoms with Crippen molar-refractivity contribution >= 4 is 0 Å². The van der Waals surface area contributed by atoms with E-state index in [1.165, 1.54) is 38.8 Å². The lowest BCUT2D eigenvalue weighted by molar-refractivity contribution is 0.129. The van der Waals surface area contributed by atoms with Crippen molar-refractivity contribution in [2.75, 3.05) is 20.1 Å². The fourth-order valence-electron chi connectivity index (χ4n) is 2.01. The van der Waals surface area contributed by atoms with Crippen LogP contribution in [0.3, 0.4) is 0 Å². The average molecular weight is 155 g/mol. The van der Waals surface area contributed by atoms with Gasteiger partial charge in [0.15, 0.2) is 0 Å². The highest BCUT2D eigenvalue weighted by Gasteiger charge is 2.27. The van der Waals surface area contributed by atoms with E-state index in [2.05, 4.69) is 25.8 Å². The van der Waals surface area contributed by atoms with E-state index in [0.717, 1.165) is 0 Å². The molecule has 0 spiro atoms. The lowest BCUT2D eigenvalue weighted by Crippen LogP contribution is -2.36. The second kappa shape index (κ2) is 3.57. The van der Waals surface area contributed by atoms with E-state index in [0.29, 0.717) is 5.41 Å². The molecule has 0 aliphatic carbocycles. The Morgan fingerprint density at radius 1 is 1.27 bits per heavy atom. The van der Waals surface area contributed by atoms with Gasteiger partial charge in [-0.3, -0.25) is 0 Å². The van der Waals surface area contributed by atoms with Gasteiger partial charge in [0.25, 0.3) is 0 Å². The van der Waals surface area contributed by atoms with Crippen molar-refractivity contribution in [2.24, 2.45) is 5.41 Å². The van der Waals surface area contributed by atoms with Gasteiger partial charge < -0.3 is 4.90 Å². The normalized spacial score (nSPS) is 25.4. The summed E-state index contributed by atoms with van der Waals surface area (Å²) in [5.74, 6) is 0. The third kappa shape index (κ3) is 2.48. The maximum absolute atomic E-state index is 2.45. The number of likely N-dealkylation sites (tertiary alicyclic amines) is 1. The molecule has 1 fully saturated rings. The molecule has 66 valence electrons. The summed E-state index contributed by atoms with van der Waals surface area (Å²) in [6.07, 6.45) is 5.57. The SMILES string of the molecule is CCCC1(C)CCN(C)CC1. The van der Waals surface area contributed by atoms with Crippen molar-refractivity contribution in [2.45, 2.75) is 39.5 Å². The second-order valence-corrected chi connectivity index (χ2v) is 4.36. The third-order valence-corrected chi connectivity index (χ3v) is 3.05. The summed E-state index contributed by atoms with van der Waals surface area (Å²) in [6.45, 7) is 7.35. The first-order chi connectivity index (χ1) is 5.16. The quantitative estimate of drug-likeness (QED) is 0.592. The van der Waals surface area contributed by atoms with Gasteiger partial charge in [-0.15, -0.1) is 0 Å². The van der Waals surface area contributed by atoms with Crippen LogP contribution in [0.15, 0.2) is 0 Å². The molecule has 0 aromatic heterocycles. The maximum Gasteiger partial charge on any atom is -0.00166 e. The molecule has 1 heterocycles. The van der Waals surface area contributed by atoms with Crippen LogP contribution in [-0.4, -0.2) is 25.0 Å². The summed E-state index contributed by atoms with van der Waals surface area (Å²) in [7, 11) is 2.23. The number of nitrogens with zero attached hydrogens (tertiary/aromatic N) is 1. The summed E-state index contributed by atoms with van der Waals surface area (Å²) in [5, 5.41) is 0. The summed E-state index contributed by atoms with van der Waals surface area (Å²) in [6, 6.07) is 0. The fourth-order valence-corrected chi connectivity index (χ4v) is 2.01. The fraction of sp³-hybridized carbons (Fsp3) is 1.00. The predicted octanol–water partition coefficient (Wildman–Crippen LogP) is 2.52. The number of hydrogen-bond acceptors (Lipinski definition) is 1.